The van der Waals surface area contributed by atoms with E-state index < -0.39 is 29.2 Å². The average Bonchev–Trinajstić information content (AvgIpc) is 3.39. The Morgan fingerprint density at radius 1 is 1.07 bits per heavy atom. The number of amides is 2. The largest absolute Gasteiger partial charge is 0.472 e. The molecule has 0 spiro atoms. The van der Waals surface area contributed by atoms with Crippen molar-refractivity contribution < 1.29 is 32.3 Å². The first kappa shape index (κ1) is 20.6. The Hall–Kier alpha value is -3.11. The van der Waals surface area contributed by atoms with Crippen LogP contribution in [-0.2, 0) is 21.4 Å². The van der Waals surface area contributed by atoms with Crippen molar-refractivity contribution in [3.8, 4) is 0 Å². The van der Waals surface area contributed by atoms with Gasteiger partial charge >= 0.3 is 18.0 Å². The van der Waals surface area contributed by atoms with Gasteiger partial charge in [-0.3, -0.25) is 9.59 Å². The number of nitrogens with one attached hydrogen (secondary N) is 2. The Bertz CT molecular complexity index is 951. The molecule has 3 aromatic rings. The van der Waals surface area contributed by atoms with Gasteiger partial charge in [0.05, 0.1) is 24.6 Å². The molecule has 1 unspecified atom stereocenters. The van der Waals surface area contributed by atoms with E-state index in [1.54, 1.807) is 17.5 Å². The van der Waals surface area contributed by atoms with E-state index >= 15 is 0 Å². The van der Waals surface area contributed by atoms with Crippen LogP contribution in [-0.4, -0.2) is 23.5 Å². The molecule has 1 atom stereocenters. The van der Waals surface area contributed by atoms with Gasteiger partial charge in [0, 0.05) is 16.1 Å². The molecule has 0 radical (unpaired) electrons. The highest BCUT2D eigenvalue weighted by atomic mass is 32.1. The van der Waals surface area contributed by atoms with Crippen LogP contribution >= 0.6 is 11.3 Å². The van der Waals surface area contributed by atoms with Crippen molar-refractivity contribution in [3.63, 3.8) is 0 Å². The maximum absolute atomic E-state index is 12.8. The lowest BCUT2D eigenvalue weighted by Crippen LogP contribution is -2.44. The molecule has 2 heterocycles. The number of rotatable bonds is 5. The highest BCUT2D eigenvalue weighted by molar-refractivity contribution is 7.10. The molecule has 3 rings (SSSR count). The molecular formula is C19H15F3N2O4S. The zero-order valence-electron chi connectivity index (χ0n) is 14.7. The molecule has 1 aromatic carbocycles. The smallest absolute Gasteiger partial charge is 0.416 e. The maximum atomic E-state index is 12.8. The van der Waals surface area contributed by atoms with Crippen LogP contribution in [0, 0.1) is 0 Å². The van der Waals surface area contributed by atoms with E-state index in [0.717, 1.165) is 18.2 Å². The fourth-order valence-electron chi connectivity index (χ4n) is 2.59. The molecule has 2 amide bonds. The van der Waals surface area contributed by atoms with E-state index in [9.17, 15) is 27.9 Å². The van der Waals surface area contributed by atoms with Crippen molar-refractivity contribution in [2.75, 3.05) is 11.9 Å². The number of halogens is 3. The number of benzene rings is 1. The lowest BCUT2D eigenvalue weighted by atomic mass is 9.94. The minimum absolute atomic E-state index is 0.177. The van der Waals surface area contributed by atoms with Crippen molar-refractivity contribution in [2.24, 2.45) is 0 Å². The molecule has 0 saturated heterocycles. The highest BCUT2D eigenvalue weighted by Crippen LogP contribution is 2.33. The molecule has 0 fully saturated rings. The fourth-order valence-corrected chi connectivity index (χ4v) is 3.44. The minimum atomic E-state index is -4.58. The van der Waals surface area contributed by atoms with E-state index in [0.29, 0.717) is 10.4 Å². The van der Waals surface area contributed by atoms with Crippen LogP contribution in [0.1, 0.15) is 16.0 Å². The molecule has 10 heteroatoms. The summed E-state index contributed by atoms with van der Waals surface area (Å²) in [6, 6.07) is 8.81. The second-order valence-corrected chi connectivity index (χ2v) is 7.01. The number of aliphatic hydroxyl groups is 1. The predicted octanol–water partition coefficient (Wildman–Crippen LogP) is 3.35. The summed E-state index contributed by atoms with van der Waals surface area (Å²) < 4.78 is 43.3. The van der Waals surface area contributed by atoms with Crippen LogP contribution in [0.15, 0.2) is 64.8 Å². The Morgan fingerprint density at radius 2 is 1.86 bits per heavy atom. The number of carbonyl (C=O) groups excluding carboxylic acids is 2. The van der Waals surface area contributed by atoms with Crippen molar-refractivity contribution in [2.45, 2.75) is 11.8 Å². The SMILES string of the molecule is O=C(NCC(O)(c1ccoc1)c1cccs1)C(=O)Nc1cccc(C(F)(F)F)c1. The van der Waals surface area contributed by atoms with Gasteiger partial charge in [0.2, 0.25) is 0 Å². The Labute approximate surface area is 167 Å². The van der Waals surface area contributed by atoms with Crippen molar-refractivity contribution in [1.29, 1.82) is 0 Å². The standard InChI is InChI=1S/C19H15F3N2O4S/c20-19(21,22)12-3-1-4-14(9-12)24-17(26)16(25)23-11-18(27,13-6-7-28-10-13)15-5-2-8-29-15/h1-10,27H,11H2,(H,23,25)(H,24,26). The summed E-state index contributed by atoms with van der Waals surface area (Å²) in [5.41, 5.74) is -2.39. The first-order chi connectivity index (χ1) is 13.7. The number of carbonyl (C=O) groups is 2. The van der Waals surface area contributed by atoms with Crippen LogP contribution in [0.5, 0.6) is 0 Å². The third-order valence-corrected chi connectivity index (χ3v) is 5.11. The van der Waals surface area contributed by atoms with Crippen LogP contribution in [0.3, 0.4) is 0 Å². The van der Waals surface area contributed by atoms with Gasteiger partial charge in [0.1, 0.15) is 5.60 Å². The third-order valence-electron chi connectivity index (χ3n) is 4.09. The van der Waals surface area contributed by atoms with Gasteiger partial charge in [-0.1, -0.05) is 12.1 Å². The summed E-state index contributed by atoms with van der Waals surface area (Å²) >= 11 is 1.24. The summed E-state index contributed by atoms with van der Waals surface area (Å²) in [4.78, 5) is 24.7. The van der Waals surface area contributed by atoms with Crippen molar-refractivity contribution >= 4 is 28.8 Å². The monoisotopic (exact) mass is 424 g/mol. The van der Waals surface area contributed by atoms with E-state index in [4.69, 9.17) is 4.42 Å². The zero-order chi connectivity index (χ0) is 21.1. The molecule has 3 N–H and O–H groups in total. The lowest BCUT2D eigenvalue weighted by molar-refractivity contribution is -0.137. The van der Waals surface area contributed by atoms with E-state index in [-0.39, 0.29) is 12.2 Å². The molecule has 6 nitrogen and oxygen atoms in total. The van der Waals surface area contributed by atoms with Crippen LogP contribution in [0.2, 0.25) is 0 Å². The average molecular weight is 424 g/mol. The number of hydrogen-bond acceptors (Lipinski definition) is 5. The lowest BCUT2D eigenvalue weighted by Gasteiger charge is -2.26. The predicted molar refractivity (Wildman–Crippen MR) is 99.1 cm³/mol. The molecule has 0 aliphatic carbocycles. The zero-order valence-corrected chi connectivity index (χ0v) is 15.5. The van der Waals surface area contributed by atoms with E-state index in [1.165, 1.54) is 36.0 Å². The number of furan rings is 1. The highest BCUT2D eigenvalue weighted by Gasteiger charge is 2.35. The maximum Gasteiger partial charge on any atom is 0.416 e. The number of hydrogen-bond donors (Lipinski definition) is 3. The Morgan fingerprint density at radius 3 is 2.48 bits per heavy atom. The van der Waals surface area contributed by atoms with Gasteiger partial charge in [-0.15, -0.1) is 11.3 Å². The summed E-state index contributed by atoms with van der Waals surface area (Å²) in [5.74, 6) is -2.27. The van der Waals surface area contributed by atoms with Gasteiger partial charge in [-0.05, 0) is 35.7 Å². The van der Waals surface area contributed by atoms with Crippen molar-refractivity contribution in [1.82, 2.24) is 5.32 Å². The second-order valence-electron chi connectivity index (χ2n) is 6.06. The molecule has 152 valence electrons. The van der Waals surface area contributed by atoms with Crippen LogP contribution in [0.25, 0.3) is 0 Å². The van der Waals surface area contributed by atoms with Crippen LogP contribution < -0.4 is 10.6 Å². The van der Waals surface area contributed by atoms with E-state index in [1.807, 2.05) is 0 Å². The van der Waals surface area contributed by atoms with Crippen LogP contribution in [0.4, 0.5) is 18.9 Å². The first-order valence-corrected chi connectivity index (χ1v) is 9.13. The van der Waals surface area contributed by atoms with Gasteiger partial charge in [0.15, 0.2) is 0 Å². The molecular weight excluding hydrogens is 409 g/mol. The Balaban J connectivity index is 1.69. The quantitative estimate of drug-likeness (QED) is 0.548. The summed E-state index contributed by atoms with van der Waals surface area (Å²) in [7, 11) is 0. The number of alkyl halides is 3. The minimum Gasteiger partial charge on any atom is -0.472 e. The topological polar surface area (TPSA) is 91.6 Å². The molecule has 2 aromatic heterocycles. The fraction of sp³-hybridized carbons (Fsp3) is 0.158. The molecule has 0 saturated carbocycles. The molecule has 29 heavy (non-hydrogen) atoms. The second kappa shape index (κ2) is 8.10. The van der Waals surface area contributed by atoms with Crippen molar-refractivity contribution in [3.05, 3.63) is 76.4 Å². The van der Waals surface area contributed by atoms with Gasteiger partial charge in [-0.2, -0.15) is 13.2 Å². The molecule has 0 aliphatic heterocycles. The summed E-state index contributed by atoms with van der Waals surface area (Å²) in [5, 5.41) is 17.2. The Kier molecular flexibility index (Phi) is 5.76. The van der Waals surface area contributed by atoms with Gasteiger partial charge in [0.25, 0.3) is 0 Å². The summed E-state index contributed by atoms with van der Waals surface area (Å²) in [6.45, 7) is -0.345. The molecule has 0 bridgehead atoms. The third kappa shape index (κ3) is 4.66. The summed E-state index contributed by atoms with van der Waals surface area (Å²) in [6.07, 6.45) is -1.91. The van der Waals surface area contributed by atoms with Gasteiger partial charge < -0.3 is 20.2 Å². The number of thiophene rings is 1. The number of anilines is 1. The first-order valence-electron chi connectivity index (χ1n) is 8.25. The van der Waals surface area contributed by atoms with Gasteiger partial charge in [-0.25, -0.2) is 0 Å². The molecule has 0 aliphatic rings. The van der Waals surface area contributed by atoms with E-state index in [2.05, 4.69) is 10.6 Å². The normalized spacial score (nSPS) is 13.5.